The predicted molar refractivity (Wildman–Crippen MR) is 84.4 cm³/mol. The number of likely N-dealkylation sites (tertiary alicyclic amines) is 1. The molecule has 0 bridgehead atoms. The van der Waals surface area contributed by atoms with E-state index in [2.05, 4.69) is 12.2 Å². The fourth-order valence-corrected chi connectivity index (χ4v) is 2.71. The van der Waals surface area contributed by atoms with E-state index in [1.165, 1.54) is 6.42 Å². The topological polar surface area (TPSA) is 41.6 Å². The van der Waals surface area contributed by atoms with Crippen LogP contribution in [0.25, 0.3) is 0 Å². The van der Waals surface area contributed by atoms with Gasteiger partial charge in [0.15, 0.2) is 6.10 Å². The largest absolute Gasteiger partial charge is 0.481 e. The molecule has 1 aliphatic heterocycles. The Bertz CT molecular complexity index is 470. The molecular formula is C17H26N2O2. The summed E-state index contributed by atoms with van der Waals surface area (Å²) in [6.07, 6.45) is 2.99. The zero-order chi connectivity index (χ0) is 15.2. The van der Waals surface area contributed by atoms with E-state index in [9.17, 15) is 4.79 Å². The van der Waals surface area contributed by atoms with Crippen molar-refractivity contribution < 1.29 is 9.53 Å². The average molecular weight is 290 g/mol. The Morgan fingerprint density at radius 2 is 1.86 bits per heavy atom. The molecule has 4 heteroatoms. The minimum Gasteiger partial charge on any atom is -0.481 e. The average Bonchev–Trinajstić information content (AvgIpc) is 2.54. The van der Waals surface area contributed by atoms with E-state index in [0.29, 0.717) is 0 Å². The molecule has 116 valence electrons. The number of rotatable bonds is 5. The number of nitrogens with zero attached hydrogens (tertiary/aromatic N) is 1. The van der Waals surface area contributed by atoms with Crippen molar-refractivity contribution in [3.8, 4) is 5.75 Å². The van der Waals surface area contributed by atoms with Gasteiger partial charge in [-0.25, -0.2) is 0 Å². The van der Waals surface area contributed by atoms with Gasteiger partial charge in [-0.05, 0) is 46.2 Å². The third kappa shape index (κ3) is 3.97. The number of carbonyl (C=O) groups excluding carboxylic acids is 1. The van der Waals surface area contributed by atoms with Gasteiger partial charge in [0.05, 0.1) is 0 Å². The fourth-order valence-electron chi connectivity index (χ4n) is 2.71. The number of hydrogen-bond acceptors (Lipinski definition) is 3. The summed E-state index contributed by atoms with van der Waals surface area (Å²) in [5.74, 6) is 0.888. The normalized spacial score (nSPS) is 18.1. The Morgan fingerprint density at radius 3 is 2.52 bits per heavy atom. The maximum absolute atomic E-state index is 12.4. The quantitative estimate of drug-likeness (QED) is 0.906. The molecule has 1 N–H and O–H groups in total. The Labute approximate surface area is 127 Å². The first-order chi connectivity index (χ1) is 10.1. The fraction of sp³-hybridized carbons (Fsp3) is 0.588. The van der Waals surface area contributed by atoms with E-state index < -0.39 is 6.10 Å². The summed E-state index contributed by atoms with van der Waals surface area (Å²) < 4.78 is 5.95. The highest BCUT2D eigenvalue weighted by Crippen LogP contribution is 2.26. The smallest absolute Gasteiger partial charge is 0.263 e. The van der Waals surface area contributed by atoms with E-state index in [0.717, 1.165) is 37.2 Å². The van der Waals surface area contributed by atoms with Crippen molar-refractivity contribution in [3.63, 3.8) is 0 Å². The van der Waals surface area contributed by atoms with Gasteiger partial charge in [-0.3, -0.25) is 4.79 Å². The number of ether oxygens (including phenoxy) is 1. The Hall–Kier alpha value is -1.55. The summed E-state index contributed by atoms with van der Waals surface area (Å²) in [5.41, 5.74) is 1.08. The lowest BCUT2D eigenvalue weighted by molar-refractivity contribution is -0.138. The summed E-state index contributed by atoms with van der Waals surface area (Å²) in [5, 5.41) is 3.21. The van der Waals surface area contributed by atoms with Crippen LogP contribution in [0.3, 0.4) is 0 Å². The van der Waals surface area contributed by atoms with E-state index in [-0.39, 0.29) is 11.9 Å². The Balaban J connectivity index is 2.05. The lowest BCUT2D eigenvalue weighted by Crippen LogP contribution is -2.43. The van der Waals surface area contributed by atoms with Gasteiger partial charge < -0.3 is 15.0 Å². The number of amides is 1. The first kappa shape index (κ1) is 15.8. The second-order valence-electron chi connectivity index (χ2n) is 5.69. The minimum absolute atomic E-state index is 0.0987. The van der Waals surface area contributed by atoms with Crippen LogP contribution in [0.5, 0.6) is 5.75 Å². The molecule has 0 radical (unpaired) electrons. The van der Waals surface area contributed by atoms with Crippen LogP contribution in [0.2, 0.25) is 0 Å². The Morgan fingerprint density at radius 1 is 1.19 bits per heavy atom. The molecule has 2 unspecified atom stereocenters. The molecule has 1 aromatic rings. The summed E-state index contributed by atoms with van der Waals surface area (Å²) in [6.45, 7) is 5.65. The molecular weight excluding hydrogens is 264 g/mol. The minimum atomic E-state index is -0.437. The van der Waals surface area contributed by atoms with E-state index >= 15 is 0 Å². The van der Waals surface area contributed by atoms with Gasteiger partial charge in [0.2, 0.25) is 0 Å². The van der Waals surface area contributed by atoms with Crippen LogP contribution in [-0.4, -0.2) is 37.0 Å². The number of para-hydroxylation sites is 1. The van der Waals surface area contributed by atoms with Gasteiger partial charge in [-0.1, -0.05) is 18.2 Å². The van der Waals surface area contributed by atoms with Crippen molar-refractivity contribution in [1.29, 1.82) is 0 Å². The lowest BCUT2D eigenvalue weighted by Gasteiger charge is -2.29. The molecule has 21 heavy (non-hydrogen) atoms. The molecule has 0 saturated carbocycles. The van der Waals surface area contributed by atoms with Gasteiger partial charge in [0.1, 0.15) is 5.75 Å². The van der Waals surface area contributed by atoms with Crippen LogP contribution in [0.15, 0.2) is 24.3 Å². The highest BCUT2D eigenvalue weighted by molar-refractivity contribution is 5.81. The second-order valence-corrected chi connectivity index (χ2v) is 5.69. The molecule has 1 amide bonds. The van der Waals surface area contributed by atoms with Gasteiger partial charge in [-0.15, -0.1) is 0 Å². The SMILES string of the molecule is CNC(C)c1ccccc1OC(C)C(=O)N1CCCCC1. The molecule has 0 aromatic heterocycles. The van der Waals surface area contributed by atoms with Gasteiger partial charge in [-0.2, -0.15) is 0 Å². The van der Waals surface area contributed by atoms with Crippen molar-refractivity contribution in [3.05, 3.63) is 29.8 Å². The van der Waals surface area contributed by atoms with Gasteiger partial charge in [0, 0.05) is 24.7 Å². The summed E-state index contributed by atoms with van der Waals surface area (Å²) in [7, 11) is 1.92. The van der Waals surface area contributed by atoms with E-state index in [1.807, 2.05) is 43.1 Å². The number of benzene rings is 1. The summed E-state index contributed by atoms with van der Waals surface area (Å²) >= 11 is 0. The van der Waals surface area contributed by atoms with Crippen molar-refractivity contribution >= 4 is 5.91 Å². The van der Waals surface area contributed by atoms with E-state index in [1.54, 1.807) is 0 Å². The molecule has 1 fully saturated rings. The zero-order valence-electron chi connectivity index (χ0n) is 13.3. The van der Waals surface area contributed by atoms with Crippen molar-refractivity contribution in [2.24, 2.45) is 0 Å². The third-order valence-electron chi connectivity index (χ3n) is 4.14. The zero-order valence-corrected chi connectivity index (χ0v) is 13.3. The molecule has 2 rings (SSSR count). The van der Waals surface area contributed by atoms with Crippen LogP contribution >= 0.6 is 0 Å². The number of carbonyl (C=O) groups is 1. The first-order valence-corrected chi connectivity index (χ1v) is 7.85. The van der Waals surface area contributed by atoms with Crippen molar-refractivity contribution in [1.82, 2.24) is 10.2 Å². The van der Waals surface area contributed by atoms with Gasteiger partial charge >= 0.3 is 0 Å². The monoisotopic (exact) mass is 290 g/mol. The van der Waals surface area contributed by atoms with E-state index in [4.69, 9.17) is 4.74 Å². The second kappa shape index (κ2) is 7.46. The standard InChI is InChI=1S/C17H26N2O2/c1-13(18-3)15-9-5-6-10-16(15)21-14(2)17(20)19-11-7-4-8-12-19/h5-6,9-10,13-14,18H,4,7-8,11-12H2,1-3H3. The van der Waals surface area contributed by atoms with Crippen LogP contribution in [0.4, 0.5) is 0 Å². The highest BCUT2D eigenvalue weighted by Gasteiger charge is 2.24. The van der Waals surface area contributed by atoms with Crippen LogP contribution in [0, 0.1) is 0 Å². The Kier molecular flexibility index (Phi) is 5.62. The molecule has 4 nitrogen and oxygen atoms in total. The predicted octanol–water partition coefficient (Wildman–Crippen LogP) is 2.75. The third-order valence-corrected chi connectivity index (χ3v) is 4.14. The molecule has 1 aromatic carbocycles. The molecule has 0 aliphatic carbocycles. The summed E-state index contributed by atoms with van der Waals surface area (Å²) in [4.78, 5) is 14.4. The molecule has 1 aliphatic rings. The maximum Gasteiger partial charge on any atom is 0.263 e. The first-order valence-electron chi connectivity index (χ1n) is 7.85. The molecule has 0 spiro atoms. The molecule has 1 saturated heterocycles. The lowest BCUT2D eigenvalue weighted by atomic mass is 10.1. The van der Waals surface area contributed by atoms with Crippen LogP contribution < -0.4 is 10.1 Å². The maximum atomic E-state index is 12.4. The number of nitrogens with one attached hydrogen (secondary N) is 1. The highest BCUT2D eigenvalue weighted by atomic mass is 16.5. The van der Waals surface area contributed by atoms with Crippen LogP contribution in [0.1, 0.15) is 44.7 Å². The number of piperidine rings is 1. The van der Waals surface area contributed by atoms with Crippen molar-refractivity contribution in [2.45, 2.75) is 45.3 Å². The summed E-state index contributed by atoms with van der Waals surface area (Å²) in [6, 6.07) is 8.10. The molecule has 1 heterocycles. The van der Waals surface area contributed by atoms with Crippen molar-refractivity contribution in [2.75, 3.05) is 20.1 Å². The van der Waals surface area contributed by atoms with Gasteiger partial charge in [0.25, 0.3) is 5.91 Å². The number of hydrogen-bond donors (Lipinski definition) is 1. The van der Waals surface area contributed by atoms with Crippen LogP contribution in [-0.2, 0) is 4.79 Å². The molecule has 2 atom stereocenters.